The largest absolute Gasteiger partial charge is 0.477 e. The molecule has 0 atom stereocenters. The van der Waals surface area contributed by atoms with Crippen molar-refractivity contribution < 1.29 is 14.3 Å². The Morgan fingerprint density at radius 1 is 1.35 bits per heavy atom. The molecule has 1 saturated carbocycles. The van der Waals surface area contributed by atoms with E-state index in [1.54, 1.807) is 0 Å². The van der Waals surface area contributed by atoms with Gasteiger partial charge in [0.1, 0.15) is 11.4 Å². The Balaban J connectivity index is 1.55. The van der Waals surface area contributed by atoms with E-state index in [0.717, 1.165) is 45.3 Å². The van der Waals surface area contributed by atoms with Crippen molar-refractivity contribution in [1.29, 1.82) is 5.26 Å². The van der Waals surface area contributed by atoms with Crippen molar-refractivity contribution in [2.24, 2.45) is 5.92 Å². The number of carbonyl (C=O) groups is 1. The third-order valence-electron chi connectivity index (χ3n) is 6.30. The molecule has 1 aromatic carbocycles. The van der Waals surface area contributed by atoms with Crippen molar-refractivity contribution in [2.45, 2.75) is 45.1 Å². The minimum Gasteiger partial charge on any atom is -0.477 e. The Morgan fingerprint density at radius 2 is 2.10 bits per heavy atom. The molecule has 4 rings (SSSR count). The minimum atomic E-state index is -1.28. The summed E-state index contributed by atoms with van der Waals surface area (Å²) in [7, 11) is 0. The van der Waals surface area contributed by atoms with Crippen LogP contribution in [0.3, 0.4) is 0 Å². The van der Waals surface area contributed by atoms with Crippen LogP contribution in [0.5, 0.6) is 0 Å². The molecule has 2 aromatic rings. The number of nitrogens with one attached hydrogen (secondary N) is 1. The fraction of sp³-hybridized carbons (Fsp3) is 0.522. The molecule has 0 radical (unpaired) electrons. The van der Waals surface area contributed by atoms with Gasteiger partial charge in [-0.25, -0.2) is 9.18 Å². The Morgan fingerprint density at radius 3 is 2.74 bits per heavy atom. The van der Waals surface area contributed by atoms with E-state index < -0.39 is 17.2 Å². The SMILES string of the molecule is Cc1c(N2CC(CCCNCCC#N)C2)c(F)cc2c(=O)c(C(=O)O)cn(C3CC3)c12. The molecule has 1 aromatic heterocycles. The van der Waals surface area contributed by atoms with E-state index in [1.165, 1.54) is 12.3 Å². The zero-order chi connectivity index (χ0) is 22.1. The van der Waals surface area contributed by atoms with Crippen LogP contribution in [-0.2, 0) is 0 Å². The van der Waals surface area contributed by atoms with E-state index in [-0.39, 0.29) is 17.0 Å². The number of nitriles is 1. The Labute approximate surface area is 180 Å². The van der Waals surface area contributed by atoms with Gasteiger partial charge in [0.2, 0.25) is 5.43 Å². The van der Waals surface area contributed by atoms with Crippen LogP contribution in [0, 0.1) is 30.0 Å². The normalized spacial score (nSPS) is 16.4. The molecule has 0 bridgehead atoms. The highest BCUT2D eigenvalue weighted by Gasteiger charge is 2.33. The van der Waals surface area contributed by atoms with Crippen LogP contribution >= 0.6 is 0 Å². The summed E-state index contributed by atoms with van der Waals surface area (Å²) in [6, 6.07) is 3.49. The second kappa shape index (κ2) is 8.67. The molecule has 1 saturated heterocycles. The first-order valence-corrected chi connectivity index (χ1v) is 10.9. The molecule has 2 heterocycles. The highest BCUT2D eigenvalue weighted by molar-refractivity contribution is 5.95. The summed E-state index contributed by atoms with van der Waals surface area (Å²) in [5, 5.41) is 21.3. The summed E-state index contributed by atoms with van der Waals surface area (Å²) < 4.78 is 17.0. The number of hydrogen-bond acceptors (Lipinski definition) is 5. The Bertz CT molecular complexity index is 1110. The first-order valence-electron chi connectivity index (χ1n) is 10.9. The van der Waals surface area contributed by atoms with Gasteiger partial charge in [0.05, 0.1) is 17.3 Å². The van der Waals surface area contributed by atoms with Crippen LogP contribution < -0.4 is 15.6 Å². The topological polar surface area (TPSA) is 98.4 Å². The first-order chi connectivity index (χ1) is 14.9. The lowest BCUT2D eigenvalue weighted by atomic mass is 9.92. The summed E-state index contributed by atoms with van der Waals surface area (Å²) in [6.45, 7) is 4.94. The summed E-state index contributed by atoms with van der Waals surface area (Å²) >= 11 is 0. The molecule has 1 aliphatic heterocycles. The number of aromatic nitrogens is 1. The third kappa shape index (κ3) is 4.15. The molecule has 0 unspecified atom stereocenters. The number of carboxylic acids is 1. The highest BCUT2D eigenvalue weighted by atomic mass is 19.1. The van der Waals surface area contributed by atoms with E-state index in [1.807, 2.05) is 16.4 Å². The van der Waals surface area contributed by atoms with Gasteiger partial charge in [0, 0.05) is 43.7 Å². The number of nitrogens with zero attached hydrogens (tertiary/aromatic N) is 3. The summed E-state index contributed by atoms with van der Waals surface area (Å²) in [4.78, 5) is 26.2. The summed E-state index contributed by atoms with van der Waals surface area (Å²) in [5.41, 5.74) is 0.941. The van der Waals surface area contributed by atoms with Crippen LogP contribution in [0.15, 0.2) is 17.1 Å². The van der Waals surface area contributed by atoms with Crippen molar-refractivity contribution in [2.75, 3.05) is 31.1 Å². The van der Waals surface area contributed by atoms with Crippen molar-refractivity contribution in [3.8, 4) is 6.07 Å². The van der Waals surface area contributed by atoms with E-state index in [9.17, 15) is 14.7 Å². The maximum absolute atomic E-state index is 15.1. The number of halogens is 1. The molecule has 164 valence electrons. The van der Waals surface area contributed by atoms with Crippen molar-refractivity contribution in [1.82, 2.24) is 9.88 Å². The Hall–Kier alpha value is -2.92. The van der Waals surface area contributed by atoms with Crippen molar-refractivity contribution in [3.05, 3.63) is 39.4 Å². The number of pyridine rings is 1. The molecule has 0 spiro atoms. The van der Waals surface area contributed by atoms with Crippen molar-refractivity contribution in [3.63, 3.8) is 0 Å². The van der Waals surface area contributed by atoms with Gasteiger partial charge < -0.3 is 19.9 Å². The summed E-state index contributed by atoms with van der Waals surface area (Å²) in [6.07, 6.45) is 5.85. The van der Waals surface area contributed by atoms with Gasteiger partial charge in [-0.2, -0.15) is 5.26 Å². The average molecular weight is 426 g/mol. The van der Waals surface area contributed by atoms with Crippen LogP contribution in [0.25, 0.3) is 10.9 Å². The summed E-state index contributed by atoms with van der Waals surface area (Å²) in [5.74, 6) is -1.26. The molecular weight excluding hydrogens is 399 g/mol. The number of benzene rings is 1. The number of carboxylic acid groups (broad SMARTS) is 1. The molecule has 2 fully saturated rings. The van der Waals surface area contributed by atoms with Gasteiger partial charge >= 0.3 is 5.97 Å². The molecule has 2 N–H and O–H groups in total. The van der Waals surface area contributed by atoms with Gasteiger partial charge in [0.25, 0.3) is 0 Å². The molecule has 8 heteroatoms. The number of hydrogen-bond donors (Lipinski definition) is 2. The molecule has 31 heavy (non-hydrogen) atoms. The number of fused-ring (bicyclic) bond motifs is 1. The van der Waals surface area contributed by atoms with Gasteiger partial charge in [-0.1, -0.05) is 0 Å². The van der Waals surface area contributed by atoms with Gasteiger partial charge in [-0.3, -0.25) is 4.79 Å². The molecule has 1 aliphatic carbocycles. The lowest BCUT2D eigenvalue weighted by Gasteiger charge is -2.42. The highest BCUT2D eigenvalue weighted by Crippen LogP contribution is 2.41. The second-order valence-electron chi connectivity index (χ2n) is 8.62. The number of aryl methyl sites for hydroxylation is 1. The molecule has 0 amide bonds. The van der Waals surface area contributed by atoms with Crippen LogP contribution in [0.2, 0.25) is 0 Å². The molecular formula is C23H27FN4O3. The molecule has 2 aliphatic rings. The zero-order valence-corrected chi connectivity index (χ0v) is 17.7. The van der Waals surface area contributed by atoms with Crippen LogP contribution in [0.4, 0.5) is 10.1 Å². The monoisotopic (exact) mass is 426 g/mol. The lowest BCUT2D eigenvalue weighted by molar-refractivity contribution is 0.0695. The van der Waals surface area contributed by atoms with E-state index in [4.69, 9.17) is 5.26 Å². The maximum atomic E-state index is 15.1. The predicted molar refractivity (Wildman–Crippen MR) is 116 cm³/mol. The van der Waals surface area contributed by atoms with Gasteiger partial charge in [-0.05, 0) is 56.7 Å². The zero-order valence-electron chi connectivity index (χ0n) is 17.7. The average Bonchev–Trinajstić information content (AvgIpc) is 3.53. The standard InChI is InChI=1S/C23H27FN4O3/c1-14-20-17(22(29)18(23(30)31)13-28(20)16-5-6-16)10-19(24)21(14)27-11-15(12-27)4-2-8-26-9-3-7-25/h10,13,15-16,26H,2-6,8-9,11-12H2,1H3,(H,30,31). The van der Waals surface area contributed by atoms with E-state index in [2.05, 4.69) is 11.4 Å². The minimum absolute atomic E-state index is 0.145. The smallest absolute Gasteiger partial charge is 0.341 e. The van der Waals surface area contributed by atoms with Crippen LogP contribution in [0.1, 0.15) is 54.1 Å². The quantitative estimate of drug-likeness (QED) is 0.598. The predicted octanol–water partition coefficient (Wildman–Crippen LogP) is 3.20. The fourth-order valence-corrected chi connectivity index (χ4v) is 4.57. The second-order valence-corrected chi connectivity index (χ2v) is 8.62. The van der Waals surface area contributed by atoms with Gasteiger partial charge in [-0.15, -0.1) is 0 Å². The first kappa shape index (κ1) is 21.3. The maximum Gasteiger partial charge on any atom is 0.341 e. The molecule has 7 nitrogen and oxygen atoms in total. The number of anilines is 1. The fourth-order valence-electron chi connectivity index (χ4n) is 4.57. The van der Waals surface area contributed by atoms with E-state index >= 15 is 4.39 Å². The van der Waals surface area contributed by atoms with E-state index in [0.29, 0.717) is 35.7 Å². The van der Waals surface area contributed by atoms with Crippen LogP contribution in [-0.4, -0.2) is 41.8 Å². The Kier molecular flexibility index (Phi) is 5.96. The van der Waals surface area contributed by atoms with Crippen molar-refractivity contribution >= 4 is 22.6 Å². The number of rotatable bonds is 9. The van der Waals surface area contributed by atoms with Gasteiger partial charge in [0.15, 0.2) is 0 Å². The third-order valence-corrected chi connectivity index (χ3v) is 6.30. The number of aromatic carboxylic acids is 1. The lowest BCUT2D eigenvalue weighted by Crippen LogP contribution is -2.47.